The molecule has 0 aromatic carbocycles. The van der Waals surface area contributed by atoms with Crippen LogP contribution in [-0.4, -0.2) is 23.3 Å². The minimum absolute atomic E-state index is 0.00282. The molecule has 4 heterocycles. The first kappa shape index (κ1) is 17.1. The number of thiophene rings is 1. The molecular formula is C20H14N2O4S. The second kappa shape index (κ2) is 6.41. The molecule has 0 saturated heterocycles. The average Bonchev–Trinajstić information content (AvgIpc) is 3.35. The lowest BCUT2D eigenvalue weighted by Crippen LogP contribution is -2.42. The fourth-order valence-corrected chi connectivity index (χ4v) is 3.99. The number of furan rings is 2. The number of nitriles is 1. The monoisotopic (exact) mass is 378 g/mol. The van der Waals surface area contributed by atoms with Gasteiger partial charge in [0.05, 0.1) is 11.0 Å². The molecular weight excluding hydrogens is 364 g/mol. The highest BCUT2D eigenvalue weighted by Crippen LogP contribution is 2.36. The van der Waals surface area contributed by atoms with Crippen molar-refractivity contribution in [3.05, 3.63) is 52.1 Å². The van der Waals surface area contributed by atoms with Crippen molar-refractivity contribution >= 4 is 39.5 Å². The van der Waals surface area contributed by atoms with Gasteiger partial charge in [0.1, 0.15) is 17.2 Å². The molecule has 134 valence electrons. The zero-order valence-electron chi connectivity index (χ0n) is 14.6. The Bertz CT molecular complexity index is 1140. The molecule has 0 N–H and O–H groups in total. The largest absolute Gasteiger partial charge is 0.461 e. The molecule has 0 unspecified atom stereocenters. The third-order valence-electron chi connectivity index (χ3n) is 4.42. The van der Waals surface area contributed by atoms with E-state index in [1.165, 1.54) is 11.3 Å². The summed E-state index contributed by atoms with van der Waals surface area (Å²) in [6, 6.07) is 9.24. The zero-order valence-corrected chi connectivity index (χ0v) is 15.4. The maximum atomic E-state index is 12.7. The van der Waals surface area contributed by atoms with Crippen molar-refractivity contribution in [1.29, 1.82) is 5.26 Å². The number of nitrogens with zero attached hydrogens (tertiary/aromatic N) is 2. The van der Waals surface area contributed by atoms with E-state index in [0.717, 1.165) is 14.5 Å². The van der Waals surface area contributed by atoms with Crippen LogP contribution in [0, 0.1) is 11.3 Å². The van der Waals surface area contributed by atoms with Gasteiger partial charge in [-0.2, -0.15) is 5.26 Å². The minimum atomic E-state index is -0.539. The number of hydrogen-bond acceptors (Lipinski definition) is 6. The first-order valence-electron chi connectivity index (χ1n) is 8.30. The van der Waals surface area contributed by atoms with Crippen molar-refractivity contribution in [2.24, 2.45) is 0 Å². The van der Waals surface area contributed by atoms with Crippen LogP contribution < -0.4 is 0 Å². The molecule has 1 aliphatic rings. The van der Waals surface area contributed by atoms with E-state index in [2.05, 4.69) is 0 Å². The van der Waals surface area contributed by atoms with E-state index >= 15 is 0 Å². The maximum Gasteiger partial charge on any atom is 0.271 e. The topological polar surface area (TPSA) is 87.4 Å². The maximum absolute atomic E-state index is 12.7. The Morgan fingerprint density at radius 3 is 2.70 bits per heavy atom. The van der Waals surface area contributed by atoms with Gasteiger partial charge in [-0.3, -0.25) is 14.5 Å². The number of carbonyl (C=O) groups excluding carboxylic acids is 2. The SMILES string of the molecule is CCN1C(=O)C(C#N)=C(C)/C(=C/c2cc3oc(-c4ccco4)cc3s2)C1=O. The Balaban J connectivity index is 1.77. The Morgan fingerprint density at radius 2 is 2.07 bits per heavy atom. The fourth-order valence-electron chi connectivity index (χ4n) is 3.02. The van der Waals surface area contributed by atoms with Crippen molar-refractivity contribution < 1.29 is 18.4 Å². The van der Waals surface area contributed by atoms with Crippen molar-refractivity contribution in [2.45, 2.75) is 13.8 Å². The summed E-state index contributed by atoms with van der Waals surface area (Å²) in [5.74, 6) is 0.359. The molecule has 2 amide bonds. The Morgan fingerprint density at radius 1 is 1.26 bits per heavy atom. The molecule has 0 radical (unpaired) electrons. The van der Waals surface area contributed by atoms with Crippen LogP contribution in [0.5, 0.6) is 0 Å². The van der Waals surface area contributed by atoms with Crippen LogP contribution in [0.1, 0.15) is 18.7 Å². The van der Waals surface area contributed by atoms with Crippen molar-refractivity contribution in [3.63, 3.8) is 0 Å². The van der Waals surface area contributed by atoms with Gasteiger partial charge in [0.15, 0.2) is 11.5 Å². The molecule has 3 aromatic heterocycles. The lowest BCUT2D eigenvalue weighted by Gasteiger charge is -2.26. The summed E-state index contributed by atoms with van der Waals surface area (Å²) in [6.45, 7) is 3.55. The predicted octanol–water partition coefficient (Wildman–Crippen LogP) is 4.37. The smallest absolute Gasteiger partial charge is 0.271 e. The highest BCUT2D eigenvalue weighted by Gasteiger charge is 2.34. The van der Waals surface area contributed by atoms with Crippen LogP contribution in [0.3, 0.4) is 0 Å². The Kier molecular flexibility index (Phi) is 4.05. The van der Waals surface area contributed by atoms with Gasteiger partial charge in [0.25, 0.3) is 11.8 Å². The molecule has 0 bridgehead atoms. The van der Waals surface area contributed by atoms with Gasteiger partial charge < -0.3 is 8.83 Å². The van der Waals surface area contributed by atoms with E-state index in [1.54, 1.807) is 32.3 Å². The molecule has 0 spiro atoms. The minimum Gasteiger partial charge on any atom is -0.461 e. The Hall–Kier alpha value is -3.37. The van der Waals surface area contributed by atoms with E-state index in [4.69, 9.17) is 8.83 Å². The van der Waals surface area contributed by atoms with Crippen LogP contribution in [0.15, 0.2) is 56.1 Å². The normalized spacial score (nSPS) is 16.6. The number of amides is 2. The number of fused-ring (bicyclic) bond motifs is 1. The summed E-state index contributed by atoms with van der Waals surface area (Å²) >= 11 is 1.46. The first-order valence-corrected chi connectivity index (χ1v) is 9.11. The van der Waals surface area contributed by atoms with E-state index < -0.39 is 5.91 Å². The quantitative estimate of drug-likeness (QED) is 0.499. The molecule has 27 heavy (non-hydrogen) atoms. The van der Waals surface area contributed by atoms with Gasteiger partial charge in [-0.15, -0.1) is 11.3 Å². The van der Waals surface area contributed by atoms with Gasteiger partial charge in [-0.05, 0) is 43.7 Å². The summed E-state index contributed by atoms with van der Waals surface area (Å²) < 4.78 is 12.1. The molecule has 7 heteroatoms. The van der Waals surface area contributed by atoms with Gasteiger partial charge in [-0.25, -0.2) is 0 Å². The standard InChI is InChI=1S/C20H14N2O4S/c1-3-22-19(23)13(11(2)14(10-21)20(22)24)7-12-8-17-18(27-12)9-16(26-17)15-5-4-6-25-15/h4-9H,3H2,1-2H3/b13-7-. The van der Waals surface area contributed by atoms with Crippen molar-refractivity contribution in [2.75, 3.05) is 6.54 Å². The number of imide groups is 1. The lowest BCUT2D eigenvalue weighted by atomic mass is 9.95. The van der Waals surface area contributed by atoms with Crippen LogP contribution in [0.2, 0.25) is 0 Å². The van der Waals surface area contributed by atoms with Crippen LogP contribution in [0.25, 0.3) is 27.9 Å². The number of hydrogen-bond donors (Lipinski definition) is 0. The highest BCUT2D eigenvalue weighted by molar-refractivity contribution is 7.19. The van der Waals surface area contributed by atoms with Crippen LogP contribution in [-0.2, 0) is 9.59 Å². The van der Waals surface area contributed by atoms with Gasteiger partial charge in [-0.1, -0.05) is 0 Å². The molecule has 6 nitrogen and oxygen atoms in total. The molecule has 4 rings (SSSR count). The van der Waals surface area contributed by atoms with Gasteiger partial charge in [0, 0.05) is 23.1 Å². The molecule has 0 atom stereocenters. The van der Waals surface area contributed by atoms with Crippen molar-refractivity contribution in [1.82, 2.24) is 4.90 Å². The van der Waals surface area contributed by atoms with Crippen LogP contribution >= 0.6 is 11.3 Å². The molecule has 0 fully saturated rings. The summed E-state index contributed by atoms with van der Waals surface area (Å²) in [5, 5.41) is 9.30. The number of carbonyl (C=O) groups is 2. The summed E-state index contributed by atoms with van der Waals surface area (Å²) in [5.41, 5.74) is 1.44. The Labute approximate surface area is 158 Å². The predicted molar refractivity (Wildman–Crippen MR) is 100 cm³/mol. The third kappa shape index (κ3) is 2.71. The number of rotatable bonds is 3. The summed E-state index contributed by atoms with van der Waals surface area (Å²) in [4.78, 5) is 26.8. The molecule has 0 saturated carbocycles. The first-order chi connectivity index (χ1) is 13.0. The van der Waals surface area contributed by atoms with Crippen LogP contribution in [0.4, 0.5) is 0 Å². The van der Waals surface area contributed by atoms with E-state index in [-0.39, 0.29) is 18.0 Å². The van der Waals surface area contributed by atoms with Gasteiger partial charge >= 0.3 is 0 Å². The second-order valence-corrected chi connectivity index (χ2v) is 7.10. The fraction of sp³-hybridized carbons (Fsp3) is 0.150. The zero-order chi connectivity index (χ0) is 19.1. The van der Waals surface area contributed by atoms with E-state index in [9.17, 15) is 14.9 Å². The molecule has 3 aromatic rings. The summed E-state index contributed by atoms with van der Waals surface area (Å²) in [7, 11) is 0. The van der Waals surface area contributed by atoms with E-state index in [1.807, 2.05) is 24.3 Å². The highest BCUT2D eigenvalue weighted by atomic mass is 32.1. The summed E-state index contributed by atoms with van der Waals surface area (Å²) in [6.07, 6.45) is 3.29. The average molecular weight is 378 g/mol. The van der Waals surface area contributed by atoms with Crippen molar-refractivity contribution in [3.8, 4) is 17.6 Å². The third-order valence-corrected chi connectivity index (χ3v) is 5.43. The molecule has 1 aliphatic heterocycles. The molecule has 0 aliphatic carbocycles. The number of likely N-dealkylation sites (N-methyl/N-ethyl adjacent to an activating group) is 1. The lowest BCUT2D eigenvalue weighted by molar-refractivity contribution is -0.140. The second-order valence-electron chi connectivity index (χ2n) is 5.99. The van der Waals surface area contributed by atoms with Gasteiger partial charge in [0.2, 0.25) is 0 Å². The van der Waals surface area contributed by atoms with E-state index in [0.29, 0.717) is 28.2 Å².